The van der Waals surface area contributed by atoms with Crippen molar-refractivity contribution in [2.75, 3.05) is 13.3 Å². The molecule has 0 radical (unpaired) electrons. The first-order valence-corrected chi connectivity index (χ1v) is 8.21. The molecule has 0 aromatic heterocycles. The lowest BCUT2D eigenvalue weighted by Crippen LogP contribution is -2.39. The highest BCUT2D eigenvalue weighted by Crippen LogP contribution is 2.32. The summed E-state index contributed by atoms with van der Waals surface area (Å²) in [5, 5.41) is 13.6. The smallest absolute Gasteiger partial charge is 0.317 e. The molecule has 0 saturated carbocycles. The standard InChI is InChI=1S/C18H19N3O5/c1-2-20(11-14-6-7-16-17(9-14)26-12-25-16)18(22)19-10-13-4-3-5-15(8-13)21(23)24/h3-9H,2,10-12H2,1H3,(H,19,22). The fraction of sp³-hybridized carbons (Fsp3) is 0.278. The van der Waals surface area contributed by atoms with Gasteiger partial charge in [-0.2, -0.15) is 0 Å². The molecule has 0 aliphatic carbocycles. The van der Waals surface area contributed by atoms with Gasteiger partial charge in [0.05, 0.1) is 4.92 Å². The van der Waals surface area contributed by atoms with Crippen LogP contribution in [0.1, 0.15) is 18.1 Å². The molecular formula is C18H19N3O5. The zero-order valence-electron chi connectivity index (χ0n) is 14.3. The molecule has 0 atom stereocenters. The lowest BCUT2D eigenvalue weighted by molar-refractivity contribution is -0.384. The monoisotopic (exact) mass is 357 g/mol. The second kappa shape index (κ2) is 7.73. The lowest BCUT2D eigenvalue weighted by atomic mass is 10.2. The molecule has 1 heterocycles. The molecule has 1 aliphatic heterocycles. The highest BCUT2D eigenvalue weighted by molar-refractivity contribution is 5.74. The van der Waals surface area contributed by atoms with Crippen molar-refractivity contribution in [3.05, 3.63) is 63.7 Å². The topological polar surface area (TPSA) is 93.9 Å². The van der Waals surface area contributed by atoms with Gasteiger partial charge in [0.15, 0.2) is 11.5 Å². The van der Waals surface area contributed by atoms with Crippen LogP contribution in [0.3, 0.4) is 0 Å². The predicted octanol–water partition coefficient (Wildman–Crippen LogP) is 3.06. The Hall–Kier alpha value is -3.29. The van der Waals surface area contributed by atoms with Crippen molar-refractivity contribution in [1.82, 2.24) is 10.2 Å². The molecule has 2 aromatic carbocycles. The molecule has 0 bridgehead atoms. The molecule has 2 amide bonds. The molecule has 2 aromatic rings. The van der Waals surface area contributed by atoms with E-state index in [1.54, 1.807) is 17.0 Å². The van der Waals surface area contributed by atoms with Gasteiger partial charge in [0.2, 0.25) is 6.79 Å². The normalized spacial score (nSPS) is 11.9. The average molecular weight is 357 g/mol. The summed E-state index contributed by atoms with van der Waals surface area (Å²) in [7, 11) is 0. The summed E-state index contributed by atoms with van der Waals surface area (Å²) >= 11 is 0. The number of nitro benzene ring substituents is 1. The number of nitrogens with zero attached hydrogens (tertiary/aromatic N) is 2. The number of fused-ring (bicyclic) bond motifs is 1. The van der Waals surface area contributed by atoms with Crippen molar-refractivity contribution in [2.24, 2.45) is 0 Å². The number of benzene rings is 2. The average Bonchev–Trinajstić information content (AvgIpc) is 3.12. The van der Waals surface area contributed by atoms with E-state index in [1.807, 2.05) is 25.1 Å². The number of hydrogen-bond acceptors (Lipinski definition) is 5. The minimum atomic E-state index is -0.455. The minimum absolute atomic E-state index is 0.00413. The molecule has 1 aliphatic rings. The van der Waals surface area contributed by atoms with Gasteiger partial charge in [-0.25, -0.2) is 4.79 Å². The van der Waals surface area contributed by atoms with Crippen LogP contribution >= 0.6 is 0 Å². The van der Waals surface area contributed by atoms with Crippen LogP contribution in [-0.4, -0.2) is 29.2 Å². The van der Waals surface area contributed by atoms with E-state index in [2.05, 4.69) is 5.32 Å². The van der Waals surface area contributed by atoms with E-state index in [9.17, 15) is 14.9 Å². The van der Waals surface area contributed by atoms with Gasteiger partial charge in [-0.3, -0.25) is 10.1 Å². The number of ether oxygens (including phenoxy) is 2. The second-order valence-corrected chi connectivity index (χ2v) is 5.79. The van der Waals surface area contributed by atoms with Crippen molar-refractivity contribution < 1.29 is 19.2 Å². The molecule has 0 spiro atoms. The molecule has 3 rings (SSSR count). The molecule has 0 saturated heterocycles. The summed E-state index contributed by atoms with van der Waals surface area (Å²) in [6.07, 6.45) is 0. The maximum Gasteiger partial charge on any atom is 0.317 e. The van der Waals surface area contributed by atoms with Gasteiger partial charge < -0.3 is 19.7 Å². The largest absolute Gasteiger partial charge is 0.454 e. The van der Waals surface area contributed by atoms with Crippen LogP contribution in [0.4, 0.5) is 10.5 Å². The fourth-order valence-corrected chi connectivity index (χ4v) is 2.66. The van der Waals surface area contributed by atoms with Crippen LogP contribution < -0.4 is 14.8 Å². The van der Waals surface area contributed by atoms with E-state index in [-0.39, 0.29) is 25.1 Å². The lowest BCUT2D eigenvalue weighted by Gasteiger charge is -2.21. The number of non-ortho nitro benzene ring substituents is 1. The van der Waals surface area contributed by atoms with E-state index >= 15 is 0 Å². The minimum Gasteiger partial charge on any atom is -0.454 e. The Morgan fingerprint density at radius 2 is 2.00 bits per heavy atom. The van der Waals surface area contributed by atoms with Gasteiger partial charge in [-0.1, -0.05) is 18.2 Å². The quantitative estimate of drug-likeness (QED) is 0.633. The number of nitrogens with one attached hydrogen (secondary N) is 1. The Morgan fingerprint density at radius 3 is 2.77 bits per heavy atom. The fourth-order valence-electron chi connectivity index (χ4n) is 2.66. The third-order valence-electron chi connectivity index (χ3n) is 4.04. The van der Waals surface area contributed by atoms with Crippen molar-refractivity contribution in [2.45, 2.75) is 20.0 Å². The summed E-state index contributed by atoms with van der Waals surface area (Å²) in [5.74, 6) is 1.38. The predicted molar refractivity (Wildman–Crippen MR) is 94.0 cm³/mol. The van der Waals surface area contributed by atoms with Gasteiger partial charge >= 0.3 is 6.03 Å². The van der Waals surface area contributed by atoms with E-state index in [0.29, 0.717) is 30.2 Å². The number of nitro groups is 1. The Labute approximate surface area is 150 Å². The van der Waals surface area contributed by atoms with Crippen LogP contribution in [0.15, 0.2) is 42.5 Å². The zero-order valence-corrected chi connectivity index (χ0v) is 14.3. The molecular weight excluding hydrogens is 338 g/mol. The summed E-state index contributed by atoms with van der Waals surface area (Å²) in [6.45, 7) is 3.27. The van der Waals surface area contributed by atoms with Crippen molar-refractivity contribution in [1.29, 1.82) is 0 Å². The third-order valence-corrected chi connectivity index (χ3v) is 4.04. The number of carbonyl (C=O) groups is 1. The number of hydrogen-bond donors (Lipinski definition) is 1. The Kier molecular flexibility index (Phi) is 5.21. The Balaban J connectivity index is 1.60. The highest BCUT2D eigenvalue weighted by Gasteiger charge is 2.16. The maximum atomic E-state index is 12.4. The molecule has 8 nitrogen and oxygen atoms in total. The molecule has 26 heavy (non-hydrogen) atoms. The highest BCUT2D eigenvalue weighted by atomic mass is 16.7. The first kappa shape index (κ1) is 17.5. The van der Waals surface area contributed by atoms with Crippen LogP contribution in [0.2, 0.25) is 0 Å². The van der Waals surface area contributed by atoms with Crippen molar-refractivity contribution >= 4 is 11.7 Å². The summed E-state index contributed by atoms with van der Waals surface area (Å²) in [4.78, 5) is 24.4. The van der Waals surface area contributed by atoms with E-state index < -0.39 is 4.92 Å². The van der Waals surface area contributed by atoms with Crippen molar-refractivity contribution in [3.63, 3.8) is 0 Å². The number of carbonyl (C=O) groups excluding carboxylic acids is 1. The first-order chi connectivity index (χ1) is 12.6. The first-order valence-electron chi connectivity index (χ1n) is 8.21. The number of urea groups is 1. The summed E-state index contributed by atoms with van der Waals surface area (Å²) in [6, 6.07) is 11.6. The third kappa shape index (κ3) is 4.02. The van der Waals surface area contributed by atoms with Gasteiger partial charge in [-0.15, -0.1) is 0 Å². The second-order valence-electron chi connectivity index (χ2n) is 5.79. The van der Waals surface area contributed by atoms with Gasteiger partial charge in [0.1, 0.15) is 0 Å². The SMILES string of the molecule is CCN(Cc1ccc2c(c1)OCO2)C(=O)NCc1cccc([N+](=O)[O-])c1. The number of rotatable bonds is 6. The van der Waals surface area contributed by atoms with Crippen LogP contribution in [0.5, 0.6) is 11.5 Å². The van der Waals surface area contributed by atoms with E-state index in [1.165, 1.54) is 12.1 Å². The van der Waals surface area contributed by atoms with Gasteiger partial charge in [-0.05, 0) is 30.2 Å². The van der Waals surface area contributed by atoms with Crippen LogP contribution in [0, 0.1) is 10.1 Å². The van der Waals surface area contributed by atoms with Crippen LogP contribution in [0.25, 0.3) is 0 Å². The molecule has 136 valence electrons. The maximum absolute atomic E-state index is 12.4. The van der Waals surface area contributed by atoms with Gasteiger partial charge in [0.25, 0.3) is 5.69 Å². The molecule has 1 N–H and O–H groups in total. The van der Waals surface area contributed by atoms with Gasteiger partial charge in [0, 0.05) is 31.8 Å². The Morgan fingerprint density at radius 1 is 1.19 bits per heavy atom. The number of amides is 2. The molecule has 8 heteroatoms. The van der Waals surface area contributed by atoms with E-state index in [4.69, 9.17) is 9.47 Å². The molecule has 0 unspecified atom stereocenters. The summed E-state index contributed by atoms with van der Waals surface area (Å²) in [5.41, 5.74) is 1.61. The van der Waals surface area contributed by atoms with Crippen molar-refractivity contribution in [3.8, 4) is 11.5 Å². The molecule has 0 fully saturated rings. The van der Waals surface area contributed by atoms with Crippen LogP contribution in [-0.2, 0) is 13.1 Å². The van der Waals surface area contributed by atoms with E-state index in [0.717, 1.165) is 5.56 Å². The summed E-state index contributed by atoms with van der Waals surface area (Å²) < 4.78 is 10.6. The zero-order chi connectivity index (χ0) is 18.5. The Bertz CT molecular complexity index is 824.